The summed E-state index contributed by atoms with van der Waals surface area (Å²) in [5, 5.41) is 0. The van der Waals surface area contributed by atoms with Gasteiger partial charge in [-0.25, -0.2) is 18.2 Å². The average Bonchev–Trinajstić information content (AvgIpc) is 2.99. The van der Waals surface area contributed by atoms with Crippen LogP contribution in [0.1, 0.15) is 15.9 Å². The van der Waals surface area contributed by atoms with Crippen molar-refractivity contribution in [3.05, 3.63) is 89.4 Å². The fourth-order valence-corrected chi connectivity index (χ4v) is 2.93. The van der Waals surface area contributed by atoms with E-state index in [1.807, 2.05) is 0 Å². The molecule has 0 aliphatic rings. The van der Waals surface area contributed by atoms with E-state index in [9.17, 15) is 18.0 Å². The molecule has 0 unspecified atom stereocenters. The summed E-state index contributed by atoms with van der Waals surface area (Å²) in [6, 6.07) is 12.9. The quantitative estimate of drug-likeness (QED) is 0.435. The van der Waals surface area contributed by atoms with Crippen LogP contribution in [-0.4, -0.2) is 15.2 Å². The molecule has 134 valence electrons. The summed E-state index contributed by atoms with van der Waals surface area (Å²) in [6.07, 6.45) is 1.45. The van der Waals surface area contributed by atoms with E-state index in [0.717, 1.165) is 6.07 Å². The molecule has 0 aliphatic heterocycles. The highest BCUT2D eigenvalue weighted by Gasteiger charge is 2.20. The number of nitrogens with two attached hydrogens (primary N) is 1. The van der Waals surface area contributed by atoms with E-state index in [4.69, 9.17) is 5.73 Å². The third-order valence-corrected chi connectivity index (χ3v) is 4.21. The van der Waals surface area contributed by atoms with Crippen LogP contribution in [0.15, 0.2) is 60.8 Å². The predicted octanol–water partition coefficient (Wildman–Crippen LogP) is 4.23. The average molecular weight is 367 g/mol. The lowest BCUT2D eigenvalue weighted by atomic mass is 10.1. The molecule has 2 heterocycles. The number of halogens is 3. The second-order valence-electron chi connectivity index (χ2n) is 5.93. The molecule has 7 heteroatoms. The van der Waals surface area contributed by atoms with E-state index >= 15 is 0 Å². The smallest absolute Gasteiger partial charge is 0.194 e. The lowest BCUT2D eigenvalue weighted by Crippen LogP contribution is -2.04. The summed E-state index contributed by atoms with van der Waals surface area (Å²) in [7, 11) is 0. The second kappa shape index (κ2) is 6.28. The molecule has 2 aromatic heterocycles. The van der Waals surface area contributed by atoms with Gasteiger partial charge in [0.25, 0.3) is 0 Å². The van der Waals surface area contributed by atoms with E-state index in [0.29, 0.717) is 22.8 Å². The minimum Gasteiger partial charge on any atom is -0.382 e. The van der Waals surface area contributed by atoms with Crippen LogP contribution in [0.4, 0.5) is 19.0 Å². The molecule has 0 atom stereocenters. The molecule has 0 saturated heterocycles. The number of imidazole rings is 1. The van der Waals surface area contributed by atoms with Crippen molar-refractivity contribution in [3.8, 4) is 11.3 Å². The van der Waals surface area contributed by atoms with Crippen LogP contribution >= 0.6 is 0 Å². The van der Waals surface area contributed by atoms with E-state index < -0.39 is 17.5 Å². The van der Waals surface area contributed by atoms with E-state index in [1.165, 1.54) is 10.6 Å². The first-order chi connectivity index (χ1) is 13.0. The van der Waals surface area contributed by atoms with E-state index in [1.54, 1.807) is 42.5 Å². The Morgan fingerprint density at radius 1 is 0.889 bits per heavy atom. The molecular weight excluding hydrogens is 355 g/mol. The summed E-state index contributed by atoms with van der Waals surface area (Å²) < 4.78 is 42.6. The Morgan fingerprint density at radius 3 is 2.33 bits per heavy atom. The molecule has 2 aromatic carbocycles. The van der Waals surface area contributed by atoms with Crippen molar-refractivity contribution >= 4 is 17.2 Å². The van der Waals surface area contributed by atoms with Gasteiger partial charge >= 0.3 is 0 Å². The van der Waals surface area contributed by atoms with Crippen molar-refractivity contribution in [3.63, 3.8) is 0 Å². The second-order valence-corrected chi connectivity index (χ2v) is 5.93. The number of hydrogen-bond acceptors (Lipinski definition) is 3. The number of nitrogen functional groups attached to an aromatic ring is 1. The SMILES string of the molecule is Nc1nc2ccc(C(=O)c3ccccc3)cn2c1-c1cc(F)c(F)cc1F. The number of ketones is 1. The van der Waals surface area contributed by atoms with Crippen molar-refractivity contribution in [2.24, 2.45) is 0 Å². The minimum atomic E-state index is -1.30. The number of carbonyl (C=O) groups is 1. The lowest BCUT2D eigenvalue weighted by molar-refractivity contribution is 0.103. The van der Waals surface area contributed by atoms with Gasteiger partial charge in [0.1, 0.15) is 11.5 Å². The van der Waals surface area contributed by atoms with Crippen molar-refractivity contribution < 1.29 is 18.0 Å². The Morgan fingerprint density at radius 2 is 1.59 bits per heavy atom. The van der Waals surface area contributed by atoms with Crippen LogP contribution in [0, 0.1) is 17.5 Å². The number of carbonyl (C=O) groups excluding carboxylic acids is 1. The third kappa shape index (κ3) is 2.83. The van der Waals surface area contributed by atoms with E-state index in [2.05, 4.69) is 4.98 Å². The molecule has 4 rings (SSSR count). The molecule has 0 fully saturated rings. The van der Waals surface area contributed by atoms with Gasteiger partial charge in [-0.2, -0.15) is 0 Å². The monoisotopic (exact) mass is 367 g/mol. The standard InChI is InChI=1S/C20H12F3N3O/c21-14-9-16(23)15(22)8-13(14)18-20(24)25-17-7-6-12(10-26(17)18)19(27)11-4-2-1-3-5-11/h1-10H,24H2. The molecule has 0 aliphatic carbocycles. The number of pyridine rings is 1. The number of benzene rings is 2. The van der Waals surface area contributed by atoms with Crippen LogP contribution in [0.3, 0.4) is 0 Å². The van der Waals surface area contributed by atoms with Gasteiger partial charge in [-0.15, -0.1) is 0 Å². The van der Waals surface area contributed by atoms with Gasteiger partial charge in [0, 0.05) is 29.0 Å². The van der Waals surface area contributed by atoms with Crippen molar-refractivity contribution in [1.82, 2.24) is 9.38 Å². The normalized spacial score (nSPS) is 11.1. The Bertz CT molecular complexity index is 1190. The number of nitrogens with zero attached hydrogens (tertiary/aromatic N) is 2. The summed E-state index contributed by atoms with van der Waals surface area (Å²) in [5.41, 5.74) is 6.81. The van der Waals surface area contributed by atoms with Crippen LogP contribution in [0.2, 0.25) is 0 Å². The van der Waals surface area contributed by atoms with Crippen LogP contribution in [-0.2, 0) is 0 Å². The highest BCUT2D eigenvalue weighted by molar-refractivity contribution is 6.09. The van der Waals surface area contributed by atoms with E-state index in [-0.39, 0.29) is 22.9 Å². The number of hydrogen-bond donors (Lipinski definition) is 1. The zero-order valence-corrected chi connectivity index (χ0v) is 13.8. The number of anilines is 1. The summed E-state index contributed by atoms with van der Waals surface area (Å²) in [5.74, 6) is -3.81. The van der Waals surface area contributed by atoms with Gasteiger partial charge in [-0.3, -0.25) is 9.20 Å². The molecular formula is C20H12F3N3O. The first kappa shape index (κ1) is 16.8. The largest absolute Gasteiger partial charge is 0.382 e. The molecule has 0 bridgehead atoms. The number of fused-ring (bicyclic) bond motifs is 1. The number of rotatable bonds is 3. The molecule has 4 nitrogen and oxygen atoms in total. The molecule has 0 spiro atoms. The Labute approximate surface area is 151 Å². The molecule has 0 saturated carbocycles. The highest BCUT2D eigenvalue weighted by atomic mass is 19.2. The maximum Gasteiger partial charge on any atom is 0.194 e. The van der Waals surface area contributed by atoms with Crippen LogP contribution in [0.5, 0.6) is 0 Å². The Balaban J connectivity index is 1.91. The fourth-order valence-electron chi connectivity index (χ4n) is 2.93. The van der Waals surface area contributed by atoms with Crippen molar-refractivity contribution in [2.75, 3.05) is 5.73 Å². The lowest BCUT2D eigenvalue weighted by Gasteiger charge is -2.07. The van der Waals surface area contributed by atoms with Crippen LogP contribution in [0.25, 0.3) is 16.9 Å². The van der Waals surface area contributed by atoms with Gasteiger partial charge in [-0.1, -0.05) is 30.3 Å². The van der Waals surface area contributed by atoms with Gasteiger partial charge in [-0.05, 0) is 18.2 Å². The number of aromatic nitrogens is 2. The highest BCUT2D eigenvalue weighted by Crippen LogP contribution is 2.31. The Hall–Kier alpha value is -3.61. The summed E-state index contributed by atoms with van der Waals surface area (Å²) in [6.45, 7) is 0. The van der Waals surface area contributed by atoms with Gasteiger partial charge in [0.15, 0.2) is 23.2 Å². The molecule has 27 heavy (non-hydrogen) atoms. The molecule has 0 radical (unpaired) electrons. The topological polar surface area (TPSA) is 60.4 Å². The zero-order chi connectivity index (χ0) is 19.1. The van der Waals surface area contributed by atoms with Crippen molar-refractivity contribution in [1.29, 1.82) is 0 Å². The maximum atomic E-state index is 14.3. The first-order valence-corrected chi connectivity index (χ1v) is 7.98. The first-order valence-electron chi connectivity index (χ1n) is 7.98. The van der Waals surface area contributed by atoms with Crippen molar-refractivity contribution in [2.45, 2.75) is 0 Å². The van der Waals surface area contributed by atoms with Gasteiger partial charge < -0.3 is 5.73 Å². The van der Waals surface area contributed by atoms with Gasteiger partial charge in [0.2, 0.25) is 0 Å². The third-order valence-electron chi connectivity index (χ3n) is 4.21. The molecule has 2 N–H and O–H groups in total. The zero-order valence-electron chi connectivity index (χ0n) is 13.8. The minimum absolute atomic E-state index is 0.0455. The fraction of sp³-hybridized carbons (Fsp3) is 0. The summed E-state index contributed by atoms with van der Waals surface area (Å²) in [4.78, 5) is 16.8. The maximum absolute atomic E-state index is 14.3. The van der Waals surface area contributed by atoms with Gasteiger partial charge in [0.05, 0.1) is 5.69 Å². The Kier molecular flexibility index (Phi) is 3.92. The van der Waals surface area contributed by atoms with Crippen LogP contribution < -0.4 is 5.73 Å². The molecule has 0 amide bonds. The summed E-state index contributed by atoms with van der Waals surface area (Å²) >= 11 is 0. The molecule has 4 aromatic rings. The predicted molar refractivity (Wildman–Crippen MR) is 94.8 cm³/mol.